The predicted octanol–water partition coefficient (Wildman–Crippen LogP) is -3.27. The number of fused-ring (bicyclic) bond motifs is 1. The molecule has 1 aliphatic rings. The number of nitrogens with one attached hydrogen (secondary N) is 9. The second-order valence-corrected chi connectivity index (χ2v) is 17.3. The Hall–Kier alpha value is -8.29. The summed E-state index contributed by atoms with van der Waals surface area (Å²) in [7, 11) is 0. The summed E-state index contributed by atoms with van der Waals surface area (Å²) in [6, 6.07) is 5.09. The monoisotopic (exact) mass is 1020 g/mol. The molecule has 0 aliphatic carbocycles. The molecule has 396 valence electrons. The maximum absolute atomic E-state index is 14.5. The van der Waals surface area contributed by atoms with Crippen LogP contribution in [-0.2, 0) is 49.6 Å². The number of aliphatic carboxylic acids is 1. The lowest BCUT2D eigenvalue weighted by molar-refractivity contribution is -0.142. The van der Waals surface area contributed by atoms with Crippen LogP contribution in [0.25, 0.3) is 10.9 Å². The van der Waals surface area contributed by atoms with E-state index in [9.17, 15) is 48.3 Å². The van der Waals surface area contributed by atoms with Crippen LogP contribution in [0.4, 0.5) is 0 Å². The third-order valence-electron chi connectivity index (χ3n) is 11.6. The van der Waals surface area contributed by atoms with Crippen molar-refractivity contribution in [2.75, 3.05) is 26.2 Å². The quantitative estimate of drug-likeness (QED) is 0.0358. The van der Waals surface area contributed by atoms with Gasteiger partial charge >= 0.3 is 5.97 Å². The molecule has 2 heterocycles. The molecule has 0 radical (unpaired) electrons. The van der Waals surface area contributed by atoms with E-state index >= 15 is 0 Å². The molecule has 1 fully saturated rings. The van der Waals surface area contributed by atoms with E-state index < -0.39 is 102 Å². The zero-order valence-electron chi connectivity index (χ0n) is 40.6. The number of aliphatic imine (C=N–C) groups is 2. The van der Waals surface area contributed by atoms with Crippen molar-refractivity contribution in [1.29, 1.82) is 0 Å². The van der Waals surface area contributed by atoms with Gasteiger partial charge in [0, 0.05) is 50.1 Å². The predicted molar refractivity (Wildman–Crippen MR) is 269 cm³/mol. The molecule has 8 amide bonds. The number of carbonyl (C=O) groups is 9. The number of carboxylic acids is 1. The fourth-order valence-electron chi connectivity index (χ4n) is 7.91. The number of benzene rings is 2. The summed E-state index contributed by atoms with van der Waals surface area (Å²) in [6.07, 6.45) is 1.25. The molecule has 0 spiro atoms. The summed E-state index contributed by atoms with van der Waals surface area (Å²) < 4.78 is 0. The normalized spacial score (nSPS) is 21.3. The van der Waals surface area contributed by atoms with Crippen LogP contribution >= 0.6 is 0 Å². The first-order valence-electron chi connectivity index (χ1n) is 23.9. The van der Waals surface area contributed by atoms with Crippen LogP contribution in [0.2, 0.25) is 0 Å². The summed E-state index contributed by atoms with van der Waals surface area (Å²) in [5, 5.41) is 31.8. The van der Waals surface area contributed by atoms with Gasteiger partial charge < -0.3 is 81.3 Å². The van der Waals surface area contributed by atoms with Crippen molar-refractivity contribution in [2.45, 2.75) is 113 Å². The summed E-state index contributed by atoms with van der Waals surface area (Å²) >= 11 is 0. The topological polar surface area (TPSA) is 441 Å². The number of carbonyl (C=O) groups excluding carboxylic acids is 8. The second kappa shape index (κ2) is 29.1. The summed E-state index contributed by atoms with van der Waals surface area (Å²) in [6.45, 7) is 1.14. The number of carboxylic acid groups (broad SMARTS) is 1. The maximum atomic E-state index is 14.5. The number of aromatic nitrogens is 1. The Balaban J connectivity index is 1.75. The smallest absolute Gasteiger partial charge is 0.326 e. The van der Waals surface area contributed by atoms with Gasteiger partial charge in [0.15, 0.2) is 11.9 Å². The van der Waals surface area contributed by atoms with Crippen molar-refractivity contribution < 1.29 is 48.3 Å². The van der Waals surface area contributed by atoms with Crippen LogP contribution < -0.4 is 71.2 Å². The van der Waals surface area contributed by atoms with E-state index in [1.165, 1.54) is 19.1 Å². The highest BCUT2D eigenvalue weighted by atomic mass is 16.4. The molecular weight excluding hydrogens is 949 g/mol. The van der Waals surface area contributed by atoms with Crippen LogP contribution in [0.5, 0.6) is 0 Å². The number of aromatic amines is 1. The molecule has 1 aromatic heterocycles. The Morgan fingerprint density at radius 2 is 1.36 bits per heavy atom. The SMILES string of the molecule is CC(=O)N[C@@H](CCCN=C(N)N)C(=O)N[C@H]1CC(=O)NCCCC[C@@H](C(=O)O)NC(=O)[C@H](Cc2c[nH]c3ccccc23)NC(=O)[C@H](CCCN=C(N)N)NC(=O)C(c2ccccc2)NC(=O)[C@H](CCN)NC1=O. The highest BCUT2D eigenvalue weighted by Gasteiger charge is 2.35. The van der Waals surface area contributed by atoms with E-state index in [4.69, 9.17) is 28.7 Å². The molecule has 1 saturated heterocycles. The molecule has 3 aromatic rings. The number of hydrogen-bond donors (Lipinski definition) is 15. The Morgan fingerprint density at radius 3 is 2.03 bits per heavy atom. The van der Waals surface area contributed by atoms with Crippen LogP contribution in [0.15, 0.2) is 70.8 Å². The Morgan fingerprint density at radius 1 is 0.740 bits per heavy atom. The van der Waals surface area contributed by atoms with Gasteiger partial charge in [-0.25, -0.2) is 4.79 Å². The van der Waals surface area contributed by atoms with Gasteiger partial charge in [-0.15, -0.1) is 0 Å². The van der Waals surface area contributed by atoms with E-state index in [2.05, 4.69) is 57.5 Å². The Bertz CT molecular complexity index is 2460. The van der Waals surface area contributed by atoms with E-state index in [-0.39, 0.29) is 101 Å². The zero-order chi connectivity index (χ0) is 53.5. The molecule has 26 nitrogen and oxygen atoms in total. The lowest BCUT2D eigenvalue weighted by Crippen LogP contribution is -2.59. The highest BCUT2D eigenvalue weighted by Crippen LogP contribution is 2.20. The number of nitrogens with two attached hydrogens (primary N) is 5. The molecule has 73 heavy (non-hydrogen) atoms. The van der Waals surface area contributed by atoms with Crippen molar-refractivity contribution in [1.82, 2.24) is 47.5 Å². The average molecular weight is 1020 g/mol. The van der Waals surface area contributed by atoms with Crippen LogP contribution in [0.1, 0.15) is 81.9 Å². The van der Waals surface area contributed by atoms with Gasteiger partial charge in [0.25, 0.3) is 0 Å². The second-order valence-electron chi connectivity index (χ2n) is 17.3. The largest absolute Gasteiger partial charge is 0.480 e. The molecule has 0 saturated carbocycles. The third kappa shape index (κ3) is 19.1. The van der Waals surface area contributed by atoms with E-state index in [0.717, 1.165) is 10.9 Å². The first-order chi connectivity index (χ1) is 34.9. The van der Waals surface area contributed by atoms with Crippen molar-refractivity contribution in [2.24, 2.45) is 38.7 Å². The van der Waals surface area contributed by atoms with Gasteiger partial charge in [0.1, 0.15) is 42.3 Å². The molecule has 7 atom stereocenters. The highest BCUT2D eigenvalue weighted by molar-refractivity contribution is 5.99. The van der Waals surface area contributed by atoms with Crippen molar-refractivity contribution in [3.8, 4) is 0 Å². The molecule has 0 bridgehead atoms. The molecule has 4 rings (SSSR count). The van der Waals surface area contributed by atoms with E-state index in [1.54, 1.807) is 30.5 Å². The lowest BCUT2D eigenvalue weighted by Gasteiger charge is -2.28. The molecular formula is C47H68N16O10. The Labute approximate surface area is 421 Å². The van der Waals surface area contributed by atoms with Gasteiger partial charge in [-0.3, -0.25) is 48.3 Å². The lowest BCUT2D eigenvalue weighted by atomic mass is 10.0. The number of rotatable bonds is 17. The van der Waals surface area contributed by atoms with Crippen LogP contribution in [-0.4, -0.2) is 138 Å². The van der Waals surface area contributed by atoms with Gasteiger partial charge in [-0.05, 0) is 75.1 Å². The van der Waals surface area contributed by atoms with Gasteiger partial charge in [-0.2, -0.15) is 0 Å². The average Bonchev–Trinajstić information content (AvgIpc) is 3.75. The van der Waals surface area contributed by atoms with Gasteiger partial charge in [-0.1, -0.05) is 48.5 Å². The first-order valence-corrected chi connectivity index (χ1v) is 23.9. The number of amides is 8. The molecule has 26 heteroatoms. The first kappa shape index (κ1) is 57.3. The van der Waals surface area contributed by atoms with Crippen molar-refractivity contribution >= 4 is 76.0 Å². The van der Waals surface area contributed by atoms with Gasteiger partial charge in [0.05, 0.1) is 6.42 Å². The maximum Gasteiger partial charge on any atom is 0.326 e. The summed E-state index contributed by atoms with van der Waals surface area (Å²) in [5.41, 5.74) is 29.4. The molecule has 1 aliphatic heterocycles. The van der Waals surface area contributed by atoms with Crippen molar-refractivity contribution in [3.63, 3.8) is 0 Å². The number of hydrogen-bond acceptors (Lipinski definition) is 12. The third-order valence-corrected chi connectivity index (χ3v) is 11.6. The number of H-pyrrole nitrogens is 1. The summed E-state index contributed by atoms with van der Waals surface area (Å²) in [4.78, 5) is 135. The number of guanidine groups is 2. The Kier molecular flexibility index (Phi) is 22.9. The van der Waals surface area contributed by atoms with E-state index in [1.807, 2.05) is 18.2 Å². The number of nitrogens with zero attached hydrogens (tertiary/aromatic N) is 2. The minimum atomic E-state index is -1.65. The molecule has 20 N–H and O–H groups in total. The standard InChI is InChI=1S/C47H68N16O10/c1-26(64)57-31(16-9-21-54-46(49)50)39(66)62-36-24-37(65)53-20-8-7-15-34(45(72)73)60-42(69)35(23-28-25-56-30-14-6-5-13-29(28)30)61-40(67)32(17-10-22-55-47(51)52)59-44(71)38(27-11-3-2-4-12-27)63-41(68)33(18-19-48)58-43(36)70/h2-6,11-14,25,31-36,38,56H,7-10,15-24,48H2,1H3,(H,53,65)(H,57,64)(H,58,70)(H,59,71)(H,60,69)(H,61,67)(H,62,66)(H,63,68)(H,72,73)(H4,49,50,54)(H4,51,52,55)/t31-,32-,33-,34-,35-,36-,38?/m0/s1. The van der Waals surface area contributed by atoms with E-state index in [0.29, 0.717) is 5.56 Å². The van der Waals surface area contributed by atoms with Crippen LogP contribution in [0, 0.1) is 0 Å². The van der Waals surface area contributed by atoms with Crippen LogP contribution in [0.3, 0.4) is 0 Å². The fraction of sp³-hybridized carbons (Fsp3) is 0.468. The summed E-state index contributed by atoms with van der Waals surface area (Å²) in [5.74, 6) is -8.43. The number of para-hydroxylation sites is 1. The van der Waals surface area contributed by atoms with Crippen molar-refractivity contribution in [3.05, 3.63) is 71.9 Å². The van der Waals surface area contributed by atoms with Gasteiger partial charge in [0.2, 0.25) is 47.3 Å². The minimum absolute atomic E-state index is 0.0190. The fourth-order valence-corrected chi connectivity index (χ4v) is 7.91. The molecule has 1 unspecified atom stereocenters. The zero-order valence-corrected chi connectivity index (χ0v) is 40.6. The molecule has 2 aromatic carbocycles. The minimum Gasteiger partial charge on any atom is -0.480 e.